The van der Waals surface area contributed by atoms with Crippen LogP contribution >= 0.6 is 0 Å². The summed E-state index contributed by atoms with van der Waals surface area (Å²) in [6.07, 6.45) is 1.83. The van der Waals surface area contributed by atoms with Gasteiger partial charge in [0, 0.05) is 30.8 Å². The summed E-state index contributed by atoms with van der Waals surface area (Å²) >= 11 is 0. The SMILES string of the molecule is CN1CCC2(CC1)c1ccccc1C(=O)N2Cc1ccc(C(=O)NO)cc1. The van der Waals surface area contributed by atoms with Gasteiger partial charge in [-0.2, -0.15) is 0 Å². The predicted octanol–water partition coefficient (Wildman–Crippen LogP) is 2.38. The van der Waals surface area contributed by atoms with Crippen LogP contribution in [0.1, 0.15) is 44.7 Å². The number of carbonyl (C=O) groups is 2. The van der Waals surface area contributed by atoms with E-state index in [1.165, 1.54) is 0 Å². The molecule has 6 heteroatoms. The minimum Gasteiger partial charge on any atom is -0.324 e. The zero-order valence-corrected chi connectivity index (χ0v) is 15.3. The van der Waals surface area contributed by atoms with E-state index in [-0.39, 0.29) is 11.4 Å². The molecule has 0 atom stereocenters. The smallest absolute Gasteiger partial charge is 0.274 e. The van der Waals surface area contributed by atoms with Crippen molar-refractivity contribution in [2.75, 3.05) is 20.1 Å². The molecule has 2 amide bonds. The molecule has 0 aliphatic carbocycles. The normalized spacial score (nSPS) is 18.6. The van der Waals surface area contributed by atoms with Gasteiger partial charge in [0.2, 0.25) is 0 Å². The highest BCUT2D eigenvalue weighted by Crippen LogP contribution is 2.46. The van der Waals surface area contributed by atoms with Gasteiger partial charge in [-0.1, -0.05) is 30.3 Å². The van der Waals surface area contributed by atoms with Crippen molar-refractivity contribution in [3.8, 4) is 0 Å². The number of fused-ring (bicyclic) bond motifs is 2. The van der Waals surface area contributed by atoms with Crippen molar-refractivity contribution in [2.45, 2.75) is 24.9 Å². The van der Waals surface area contributed by atoms with Crippen LogP contribution in [0, 0.1) is 0 Å². The van der Waals surface area contributed by atoms with E-state index in [4.69, 9.17) is 5.21 Å². The maximum Gasteiger partial charge on any atom is 0.274 e. The lowest BCUT2D eigenvalue weighted by Crippen LogP contribution is -2.50. The van der Waals surface area contributed by atoms with Crippen LogP contribution in [-0.2, 0) is 12.1 Å². The highest BCUT2D eigenvalue weighted by atomic mass is 16.5. The molecule has 2 aromatic rings. The second-order valence-corrected chi connectivity index (χ2v) is 7.41. The monoisotopic (exact) mass is 365 g/mol. The molecule has 4 rings (SSSR count). The van der Waals surface area contributed by atoms with Crippen molar-refractivity contribution in [1.29, 1.82) is 0 Å². The van der Waals surface area contributed by atoms with Gasteiger partial charge in [-0.05, 0) is 49.2 Å². The van der Waals surface area contributed by atoms with Crippen LogP contribution in [0.25, 0.3) is 0 Å². The molecule has 0 saturated carbocycles. The molecule has 2 aliphatic rings. The van der Waals surface area contributed by atoms with Crippen molar-refractivity contribution in [3.63, 3.8) is 0 Å². The summed E-state index contributed by atoms with van der Waals surface area (Å²) in [6.45, 7) is 2.40. The Balaban J connectivity index is 1.67. The number of piperidine rings is 1. The standard InChI is InChI=1S/C21H23N3O3/c1-23-12-10-21(11-13-23)18-5-3-2-4-17(18)20(26)24(21)14-15-6-8-16(9-7-15)19(25)22-27/h2-9,27H,10-14H2,1H3,(H,22,25). The van der Waals surface area contributed by atoms with Gasteiger partial charge in [-0.3, -0.25) is 14.8 Å². The van der Waals surface area contributed by atoms with Gasteiger partial charge in [0.25, 0.3) is 11.8 Å². The number of carbonyl (C=O) groups excluding carboxylic acids is 2. The second kappa shape index (κ2) is 6.79. The predicted molar refractivity (Wildman–Crippen MR) is 100 cm³/mol. The molecule has 2 aromatic carbocycles. The van der Waals surface area contributed by atoms with Crippen molar-refractivity contribution < 1.29 is 14.8 Å². The first-order valence-electron chi connectivity index (χ1n) is 9.18. The lowest BCUT2D eigenvalue weighted by molar-refractivity contribution is 0.0273. The minimum atomic E-state index is -0.544. The number of benzene rings is 2. The van der Waals surface area contributed by atoms with Crippen LogP contribution in [0.4, 0.5) is 0 Å². The Hall–Kier alpha value is -2.70. The maximum absolute atomic E-state index is 13.2. The number of hydrogen-bond donors (Lipinski definition) is 2. The second-order valence-electron chi connectivity index (χ2n) is 7.41. The van der Waals surface area contributed by atoms with E-state index in [2.05, 4.69) is 18.0 Å². The van der Waals surface area contributed by atoms with Crippen LogP contribution in [-0.4, -0.2) is 47.0 Å². The molecule has 2 N–H and O–H groups in total. The van der Waals surface area contributed by atoms with Gasteiger partial charge < -0.3 is 9.80 Å². The fourth-order valence-electron chi connectivity index (χ4n) is 4.32. The molecular formula is C21H23N3O3. The summed E-state index contributed by atoms with van der Waals surface area (Å²) < 4.78 is 0. The summed E-state index contributed by atoms with van der Waals surface area (Å²) in [6, 6.07) is 14.9. The first kappa shape index (κ1) is 17.7. The number of amides is 2. The Morgan fingerprint density at radius 1 is 1.11 bits per heavy atom. The molecule has 1 fully saturated rings. The van der Waals surface area contributed by atoms with E-state index in [1.807, 2.05) is 35.2 Å². The molecule has 2 aliphatic heterocycles. The third kappa shape index (κ3) is 2.91. The zero-order chi connectivity index (χ0) is 19.0. The molecule has 1 saturated heterocycles. The van der Waals surface area contributed by atoms with Gasteiger partial charge in [0.1, 0.15) is 0 Å². The van der Waals surface area contributed by atoms with Gasteiger partial charge in [0.05, 0.1) is 5.54 Å². The van der Waals surface area contributed by atoms with Crippen molar-refractivity contribution in [2.24, 2.45) is 0 Å². The molecule has 27 heavy (non-hydrogen) atoms. The molecule has 1 spiro atoms. The summed E-state index contributed by atoms with van der Waals surface area (Å²) in [7, 11) is 2.12. The van der Waals surface area contributed by atoms with Crippen molar-refractivity contribution in [3.05, 3.63) is 70.8 Å². The summed E-state index contributed by atoms with van der Waals surface area (Å²) in [5, 5.41) is 8.75. The third-order valence-corrected chi connectivity index (χ3v) is 5.89. The largest absolute Gasteiger partial charge is 0.324 e. The number of hydroxylamine groups is 1. The molecule has 6 nitrogen and oxygen atoms in total. The maximum atomic E-state index is 13.2. The highest BCUT2D eigenvalue weighted by Gasteiger charge is 2.50. The molecule has 2 heterocycles. The average Bonchev–Trinajstić information content (AvgIpc) is 2.93. The quantitative estimate of drug-likeness (QED) is 0.647. The van der Waals surface area contributed by atoms with E-state index in [9.17, 15) is 9.59 Å². The van der Waals surface area contributed by atoms with Crippen LogP contribution in [0.5, 0.6) is 0 Å². The van der Waals surface area contributed by atoms with Crippen LogP contribution in [0.15, 0.2) is 48.5 Å². The molecule has 0 aromatic heterocycles. The summed E-state index contributed by atoms with van der Waals surface area (Å²) in [4.78, 5) is 29.0. The fraction of sp³-hybridized carbons (Fsp3) is 0.333. The van der Waals surface area contributed by atoms with Gasteiger partial charge in [-0.25, -0.2) is 5.48 Å². The lowest BCUT2D eigenvalue weighted by Gasteiger charge is -2.44. The minimum absolute atomic E-state index is 0.0762. The van der Waals surface area contributed by atoms with Gasteiger partial charge >= 0.3 is 0 Å². The number of rotatable bonds is 3. The number of nitrogens with one attached hydrogen (secondary N) is 1. The van der Waals surface area contributed by atoms with Crippen LogP contribution < -0.4 is 5.48 Å². The molecule has 0 unspecified atom stereocenters. The van der Waals surface area contributed by atoms with Crippen LogP contribution in [0.3, 0.4) is 0 Å². The van der Waals surface area contributed by atoms with Gasteiger partial charge in [-0.15, -0.1) is 0 Å². The first-order chi connectivity index (χ1) is 13.0. The van der Waals surface area contributed by atoms with E-state index in [1.54, 1.807) is 17.6 Å². The van der Waals surface area contributed by atoms with E-state index >= 15 is 0 Å². The average molecular weight is 365 g/mol. The Bertz CT molecular complexity index is 870. The van der Waals surface area contributed by atoms with Gasteiger partial charge in [0.15, 0.2) is 0 Å². The Kier molecular flexibility index (Phi) is 4.45. The van der Waals surface area contributed by atoms with Crippen molar-refractivity contribution >= 4 is 11.8 Å². The Morgan fingerprint density at radius 2 is 1.78 bits per heavy atom. The number of likely N-dealkylation sites (tertiary alicyclic amines) is 1. The summed E-state index contributed by atoms with van der Waals surface area (Å²) in [5.41, 5.74) is 4.66. The van der Waals surface area contributed by atoms with E-state index in [0.717, 1.165) is 42.6 Å². The Morgan fingerprint density at radius 3 is 2.44 bits per heavy atom. The molecular weight excluding hydrogens is 342 g/mol. The fourth-order valence-corrected chi connectivity index (χ4v) is 4.32. The lowest BCUT2D eigenvalue weighted by atomic mass is 9.80. The summed E-state index contributed by atoms with van der Waals surface area (Å²) in [5.74, 6) is -0.467. The molecule has 0 bridgehead atoms. The molecule has 0 radical (unpaired) electrons. The number of nitrogens with zero attached hydrogens (tertiary/aromatic N) is 2. The zero-order valence-electron chi connectivity index (χ0n) is 15.3. The van der Waals surface area contributed by atoms with Crippen LogP contribution in [0.2, 0.25) is 0 Å². The molecule has 140 valence electrons. The number of hydrogen-bond acceptors (Lipinski definition) is 4. The first-order valence-corrected chi connectivity index (χ1v) is 9.18. The third-order valence-electron chi connectivity index (χ3n) is 5.89. The van der Waals surface area contributed by atoms with E-state index in [0.29, 0.717) is 12.1 Å². The van der Waals surface area contributed by atoms with Crippen molar-refractivity contribution in [1.82, 2.24) is 15.3 Å². The topological polar surface area (TPSA) is 72.9 Å². The highest BCUT2D eigenvalue weighted by molar-refractivity contribution is 6.00. The van der Waals surface area contributed by atoms with E-state index < -0.39 is 5.91 Å². The Labute approximate surface area is 158 Å².